The monoisotopic (exact) mass is 188 g/mol. The summed E-state index contributed by atoms with van der Waals surface area (Å²) < 4.78 is 4.91. The zero-order valence-electron chi connectivity index (χ0n) is 8.07. The molecule has 1 aromatic rings. The molecule has 0 spiro atoms. The largest absolute Gasteiger partial charge is 0.428 e. The minimum atomic E-state index is -0.435. The van der Waals surface area contributed by atoms with Crippen LogP contribution in [-0.2, 0) is 9.53 Å². The number of benzene rings is 1. The average molecular weight is 188 g/mol. The van der Waals surface area contributed by atoms with E-state index in [4.69, 9.17) is 4.74 Å². The molecule has 14 heavy (non-hydrogen) atoms. The first-order valence-electron chi connectivity index (χ1n) is 4.30. The molecule has 0 aliphatic carbocycles. The maximum atomic E-state index is 10.8. The molecule has 0 radical (unpaired) electrons. The van der Waals surface area contributed by atoms with Crippen LogP contribution in [-0.4, -0.2) is 5.97 Å². The quantitative estimate of drug-likeness (QED) is 0.414. The minimum Gasteiger partial charge on any atom is -0.428 e. The lowest BCUT2D eigenvalue weighted by atomic mass is 10.2. The molecule has 0 bridgehead atoms. The number of ether oxygens (including phenoxy) is 1. The zero-order chi connectivity index (χ0) is 10.4. The highest BCUT2D eigenvalue weighted by atomic mass is 16.5. The molecule has 0 saturated carbocycles. The molecule has 0 saturated heterocycles. The van der Waals surface area contributed by atoms with Crippen molar-refractivity contribution in [3.63, 3.8) is 0 Å². The standard InChI is InChI=1S/C12H12O2/c1-3-12(13)14-10(2)9-11-7-5-4-6-8-11/h3-9H,1H2,2H3. The minimum absolute atomic E-state index is 0.435. The number of hydrogen-bond acceptors (Lipinski definition) is 2. The van der Waals surface area contributed by atoms with Crippen molar-refractivity contribution in [1.82, 2.24) is 0 Å². The fraction of sp³-hybridized carbons (Fsp3) is 0.0833. The Labute approximate surface area is 83.5 Å². The van der Waals surface area contributed by atoms with Crippen LogP contribution in [0.25, 0.3) is 6.08 Å². The summed E-state index contributed by atoms with van der Waals surface area (Å²) in [7, 11) is 0. The summed E-state index contributed by atoms with van der Waals surface area (Å²) in [4.78, 5) is 10.8. The first-order chi connectivity index (χ1) is 6.72. The zero-order valence-corrected chi connectivity index (χ0v) is 8.07. The molecule has 2 nitrogen and oxygen atoms in total. The second-order valence-corrected chi connectivity index (χ2v) is 2.79. The number of carbonyl (C=O) groups excluding carboxylic acids is 1. The third-order valence-electron chi connectivity index (χ3n) is 1.60. The lowest BCUT2D eigenvalue weighted by Gasteiger charge is -2.00. The van der Waals surface area contributed by atoms with E-state index in [0.717, 1.165) is 11.6 Å². The highest BCUT2D eigenvalue weighted by Crippen LogP contribution is 2.07. The molecule has 0 heterocycles. The average Bonchev–Trinajstić information content (AvgIpc) is 2.19. The van der Waals surface area contributed by atoms with E-state index in [1.807, 2.05) is 30.3 Å². The molecule has 0 N–H and O–H groups in total. The van der Waals surface area contributed by atoms with Gasteiger partial charge in [-0.25, -0.2) is 4.79 Å². The molecular weight excluding hydrogens is 176 g/mol. The Bertz CT molecular complexity index is 350. The highest BCUT2D eigenvalue weighted by Gasteiger charge is 1.96. The van der Waals surface area contributed by atoms with Crippen LogP contribution < -0.4 is 0 Å². The summed E-state index contributed by atoms with van der Waals surface area (Å²) in [5.74, 6) is 0.121. The lowest BCUT2D eigenvalue weighted by Crippen LogP contribution is -1.97. The molecule has 0 atom stereocenters. The Balaban J connectivity index is 2.69. The van der Waals surface area contributed by atoms with Crippen molar-refractivity contribution >= 4 is 12.0 Å². The summed E-state index contributed by atoms with van der Waals surface area (Å²) in [6.07, 6.45) is 2.93. The Kier molecular flexibility index (Phi) is 3.68. The Morgan fingerprint density at radius 3 is 2.57 bits per heavy atom. The van der Waals surface area contributed by atoms with Gasteiger partial charge in [-0.1, -0.05) is 36.9 Å². The second kappa shape index (κ2) is 5.02. The van der Waals surface area contributed by atoms with Crippen molar-refractivity contribution in [2.24, 2.45) is 0 Å². The van der Waals surface area contributed by atoms with Crippen LogP contribution >= 0.6 is 0 Å². The van der Waals surface area contributed by atoms with Gasteiger partial charge in [0.2, 0.25) is 0 Å². The van der Waals surface area contributed by atoms with E-state index in [2.05, 4.69) is 6.58 Å². The normalized spacial score (nSPS) is 10.8. The fourth-order valence-electron chi connectivity index (χ4n) is 1.01. The number of esters is 1. The Morgan fingerprint density at radius 2 is 2.00 bits per heavy atom. The summed E-state index contributed by atoms with van der Waals surface area (Å²) in [6.45, 7) is 5.05. The van der Waals surface area contributed by atoms with E-state index in [-0.39, 0.29) is 0 Å². The molecule has 0 aliphatic heterocycles. The number of rotatable bonds is 3. The summed E-state index contributed by atoms with van der Waals surface area (Å²) >= 11 is 0. The third kappa shape index (κ3) is 3.27. The van der Waals surface area contributed by atoms with E-state index < -0.39 is 5.97 Å². The van der Waals surface area contributed by atoms with Gasteiger partial charge in [-0.3, -0.25) is 0 Å². The van der Waals surface area contributed by atoms with Crippen LogP contribution in [0.3, 0.4) is 0 Å². The maximum Gasteiger partial charge on any atom is 0.335 e. The third-order valence-corrected chi connectivity index (χ3v) is 1.60. The second-order valence-electron chi connectivity index (χ2n) is 2.79. The van der Waals surface area contributed by atoms with Gasteiger partial charge in [-0.2, -0.15) is 0 Å². The van der Waals surface area contributed by atoms with Gasteiger partial charge in [0, 0.05) is 6.08 Å². The molecule has 0 aromatic heterocycles. The van der Waals surface area contributed by atoms with Crippen molar-refractivity contribution in [2.75, 3.05) is 0 Å². The van der Waals surface area contributed by atoms with Crippen molar-refractivity contribution in [1.29, 1.82) is 0 Å². The van der Waals surface area contributed by atoms with Gasteiger partial charge in [0.15, 0.2) is 0 Å². The van der Waals surface area contributed by atoms with E-state index in [1.54, 1.807) is 13.0 Å². The predicted octanol–water partition coefficient (Wildman–Crippen LogP) is 2.78. The fourth-order valence-corrected chi connectivity index (χ4v) is 1.01. The molecule has 0 aliphatic rings. The smallest absolute Gasteiger partial charge is 0.335 e. The number of hydrogen-bond donors (Lipinski definition) is 0. The van der Waals surface area contributed by atoms with Crippen LogP contribution in [0, 0.1) is 0 Å². The van der Waals surface area contributed by atoms with Gasteiger partial charge < -0.3 is 4.74 Å². The topological polar surface area (TPSA) is 26.3 Å². The summed E-state index contributed by atoms with van der Waals surface area (Å²) in [5.41, 5.74) is 1.00. The van der Waals surface area contributed by atoms with Crippen LogP contribution in [0.1, 0.15) is 12.5 Å². The van der Waals surface area contributed by atoms with Crippen LogP contribution in [0.4, 0.5) is 0 Å². The Hall–Kier alpha value is -1.83. The molecule has 72 valence electrons. The first kappa shape index (κ1) is 10.3. The van der Waals surface area contributed by atoms with Gasteiger partial charge >= 0.3 is 5.97 Å². The van der Waals surface area contributed by atoms with E-state index in [1.165, 1.54) is 0 Å². The molecule has 1 rings (SSSR count). The maximum absolute atomic E-state index is 10.8. The highest BCUT2D eigenvalue weighted by molar-refractivity contribution is 5.82. The van der Waals surface area contributed by atoms with Crippen molar-refractivity contribution in [3.05, 3.63) is 54.3 Å². The molecule has 1 aromatic carbocycles. The molecular formula is C12H12O2. The summed E-state index contributed by atoms with van der Waals surface area (Å²) in [5, 5.41) is 0. The van der Waals surface area contributed by atoms with Crippen LogP contribution in [0.15, 0.2) is 48.7 Å². The van der Waals surface area contributed by atoms with Crippen LogP contribution in [0.2, 0.25) is 0 Å². The molecule has 0 unspecified atom stereocenters. The van der Waals surface area contributed by atoms with E-state index in [0.29, 0.717) is 5.76 Å². The molecule has 0 fully saturated rings. The predicted molar refractivity (Wildman–Crippen MR) is 56.4 cm³/mol. The Morgan fingerprint density at radius 1 is 1.36 bits per heavy atom. The van der Waals surface area contributed by atoms with Gasteiger partial charge in [-0.05, 0) is 18.6 Å². The van der Waals surface area contributed by atoms with Crippen molar-refractivity contribution in [2.45, 2.75) is 6.92 Å². The van der Waals surface area contributed by atoms with Gasteiger partial charge in [0.25, 0.3) is 0 Å². The lowest BCUT2D eigenvalue weighted by molar-refractivity contribution is -0.133. The van der Waals surface area contributed by atoms with E-state index >= 15 is 0 Å². The molecule has 0 amide bonds. The van der Waals surface area contributed by atoms with Crippen molar-refractivity contribution < 1.29 is 9.53 Å². The van der Waals surface area contributed by atoms with Gasteiger partial charge in [-0.15, -0.1) is 0 Å². The van der Waals surface area contributed by atoms with Crippen LogP contribution in [0.5, 0.6) is 0 Å². The van der Waals surface area contributed by atoms with Gasteiger partial charge in [0.1, 0.15) is 5.76 Å². The molecule has 2 heteroatoms. The van der Waals surface area contributed by atoms with Gasteiger partial charge in [0.05, 0.1) is 0 Å². The summed E-state index contributed by atoms with van der Waals surface area (Å²) in [6, 6.07) is 9.65. The number of carbonyl (C=O) groups is 1. The first-order valence-corrected chi connectivity index (χ1v) is 4.30. The SMILES string of the molecule is C=CC(=O)OC(C)=Cc1ccccc1. The number of allylic oxidation sites excluding steroid dienone is 1. The van der Waals surface area contributed by atoms with Crippen molar-refractivity contribution in [3.8, 4) is 0 Å². The van der Waals surface area contributed by atoms with E-state index in [9.17, 15) is 4.79 Å².